The molecule has 0 aromatic heterocycles. The quantitative estimate of drug-likeness (QED) is 0.448. The van der Waals surface area contributed by atoms with Gasteiger partial charge >= 0.3 is 7.82 Å². The summed E-state index contributed by atoms with van der Waals surface area (Å²) in [5.41, 5.74) is 0. The third-order valence-electron chi connectivity index (χ3n) is 1.31. The van der Waals surface area contributed by atoms with Gasteiger partial charge in [0.05, 0.1) is 0 Å². The van der Waals surface area contributed by atoms with E-state index in [9.17, 15) is 4.57 Å². The molecule has 12 heavy (non-hydrogen) atoms. The molecular formula is C7H7O4P. The first-order valence-electron chi connectivity index (χ1n) is 3.10. The van der Waals surface area contributed by atoms with Crippen molar-refractivity contribution in [3.05, 3.63) is 0 Å². The van der Waals surface area contributed by atoms with Crippen molar-refractivity contribution in [3.8, 4) is 24.7 Å². The number of hydrogen-bond acceptors (Lipinski definition) is 4. The van der Waals surface area contributed by atoms with Crippen LogP contribution in [0.25, 0.3) is 0 Å². The van der Waals surface area contributed by atoms with E-state index in [0.29, 0.717) is 0 Å². The lowest BCUT2D eigenvalue weighted by Crippen LogP contribution is -2.17. The van der Waals surface area contributed by atoms with E-state index in [4.69, 9.17) is 21.9 Å². The van der Waals surface area contributed by atoms with Crippen LogP contribution in [0.1, 0.15) is 0 Å². The highest BCUT2D eigenvalue weighted by atomic mass is 31.2. The van der Waals surface area contributed by atoms with Crippen LogP contribution in [0, 0.1) is 24.7 Å². The van der Waals surface area contributed by atoms with Crippen LogP contribution in [0.4, 0.5) is 0 Å². The van der Waals surface area contributed by atoms with Gasteiger partial charge in [0.15, 0.2) is 12.2 Å². The van der Waals surface area contributed by atoms with E-state index in [-0.39, 0.29) is 0 Å². The highest BCUT2D eigenvalue weighted by Gasteiger charge is 2.43. The molecule has 0 bridgehead atoms. The first-order chi connectivity index (χ1) is 5.65. The van der Waals surface area contributed by atoms with Gasteiger partial charge in [-0.3, -0.25) is 13.6 Å². The maximum absolute atomic E-state index is 11.3. The highest BCUT2D eigenvalue weighted by molar-refractivity contribution is 7.48. The molecule has 0 amide bonds. The van der Waals surface area contributed by atoms with E-state index in [1.54, 1.807) is 0 Å². The largest absolute Gasteiger partial charge is 0.477 e. The Bertz CT molecular complexity index is 272. The zero-order valence-corrected chi connectivity index (χ0v) is 7.28. The fourth-order valence-electron chi connectivity index (χ4n) is 0.735. The number of phosphoric acid groups is 1. The lowest BCUT2D eigenvalue weighted by molar-refractivity contribution is 0.215. The molecule has 0 saturated carbocycles. The van der Waals surface area contributed by atoms with E-state index < -0.39 is 20.0 Å². The summed E-state index contributed by atoms with van der Waals surface area (Å²) in [7, 11) is -2.28. The van der Waals surface area contributed by atoms with Gasteiger partial charge in [0.2, 0.25) is 0 Å². The summed E-state index contributed by atoms with van der Waals surface area (Å²) in [6.07, 6.45) is 8.51. The third kappa shape index (κ3) is 1.53. The molecule has 4 nitrogen and oxygen atoms in total. The van der Waals surface area contributed by atoms with Crippen LogP contribution in [0.15, 0.2) is 0 Å². The van der Waals surface area contributed by atoms with E-state index in [1.807, 2.05) is 0 Å². The molecule has 0 aromatic carbocycles. The molecule has 0 aliphatic carbocycles. The zero-order valence-electron chi connectivity index (χ0n) is 6.39. The molecular weight excluding hydrogens is 179 g/mol. The monoisotopic (exact) mass is 186 g/mol. The molecule has 1 aliphatic rings. The Morgan fingerprint density at radius 1 is 1.33 bits per heavy atom. The Morgan fingerprint density at radius 3 is 2.00 bits per heavy atom. The molecule has 1 saturated heterocycles. The molecule has 2 unspecified atom stereocenters. The predicted octanol–water partition coefficient (Wildman–Crippen LogP) is 0.791. The molecule has 0 N–H and O–H groups in total. The normalized spacial score (nSPS) is 40.2. The van der Waals surface area contributed by atoms with Crippen molar-refractivity contribution in [2.45, 2.75) is 12.2 Å². The molecule has 0 spiro atoms. The standard InChI is InChI=1S/C7H7O4P/c1-4-6-7(5-2)11-12(8,9-3)10-6/h1-2,6-7H,3H3. The summed E-state index contributed by atoms with van der Waals surface area (Å²) >= 11 is 0. The van der Waals surface area contributed by atoms with Gasteiger partial charge in [0.25, 0.3) is 0 Å². The van der Waals surface area contributed by atoms with E-state index in [1.165, 1.54) is 7.11 Å². The fraction of sp³-hybridized carbons (Fsp3) is 0.429. The smallest absolute Gasteiger partial charge is 0.290 e. The summed E-state index contributed by atoms with van der Waals surface area (Å²) in [6, 6.07) is 0. The highest BCUT2D eigenvalue weighted by Crippen LogP contribution is 2.56. The molecule has 0 radical (unpaired) electrons. The van der Waals surface area contributed by atoms with Crippen LogP contribution < -0.4 is 0 Å². The first kappa shape index (κ1) is 9.32. The molecule has 64 valence electrons. The van der Waals surface area contributed by atoms with E-state index >= 15 is 0 Å². The molecule has 2 atom stereocenters. The Balaban J connectivity index is 2.82. The van der Waals surface area contributed by atoms with Crippen LogP contribution in [0.2, 0.25) is 0 Å². The van der Waals surface area contributed by atoms with Gasteiger partial charge in [0, 0.05) is 7.11 Å². The van der Waals surface area contributed by atoms with Crippen molar-refractivity contribution in [2.24, 2.45) is 0 Å². The number of terminal acetylenes is 2. The molecule has 1 heterocycles. The van der Waals surface area contributed by atoms with E-state index in [0.717, 1.165) is 0 Å². The molecule has 0 aromatic rings. The maximum atomic E-state index is 11.3. The van der Waals surface area contributed by atoms with Crippen molar-refractivity contribution >= 4 is 7.82 Å². The average molecular weight is 186 g/mol. The SMILES string of the molecule is C#CC1OP(=O)(OC)OC1C#C. The van der Waals surface area contributed by atoms with Gasteiger partial charge < -0.3 is 0 Å². The Labute approximate surface area is 70.8 Å². The lowest BCUT2D eigenvalue weighted by Gasteiger charge is -2.03. The summed E-state index contributed by atoms with van der Waals surface area (Å²) in [6.45, 7) is 0. The summed E-state index contributed by atoms with van der Waals surface area (Å²) in [4.78, 5) is 0. The molecule has 1 rings (SSSR count). The van der Waals surface area contributed by atoms with Crippen LogP contribution in [0.3, 0.4) is 0 Å². The molecule has 1 fully saturated rings. The molecule has 5 heteroatoms. The van der Waals surface area contributed by atoms with Crippen molar-refractivity contribution in [2.75, 3.05) is 7.11 Å². The fourth-order valence-corrected chi connectivity index (χ4v) is 1.86. The Hall–Kier alpha value is -0.770. The second-order valence-corrected chi connectivity index (χ2v) is 3.70. The second kappa shape index (κ2) is 3.31. The van der Waals surface area contributed by atoms with E-state index in [2.05, 4.69) is 16.4 Å². The van der Waals surface area contributed by atoms with Crippen molar-refractivity contribution in [3.63, 3.8) is 0 Å². The van der Waals surface area contributed by atoms with Gasteiger partial charge in [-0.15, -0.1) is 12.8 Å². The number of hydrogen-bond donors (Lipinski definition) is 0. The zero-order chi connectivity index (χ0) is 9.19. The van der Waals surface area contributed by atoms with Gasteiger partial charge in [-0.05, 0) is 0 Å². The summed E-state index contributed by atoms with van der Waals surface area (Å²) in [5, 5.41) is 0. The first-order valence-corrected chi connectivity index (χ1v) is 4.56. The van der Waals surface area contributed by atoms with Gasteiger partial charge in [-0.25, -0.2) is 4.57 Å². The van der Waals surface area contributed by atoms with Crippen LogP contribution in [0.5, 0.6) is 0 Å². The van der Waals surface area contributed by atoms with Gasteiger partial charge in [0.1, 0.15) is 0 Å². The van der Waals surface area contributed by atoms with Crippen LogP contribution >= 0.6 is 7.82 Å². The Kier molecular flexibility index (Phi) is 2.57. The summed E-state index contributed by atoms with van der Waals surface area (Å²) < 4.78 is 25.3. The molecule has 1 aliphatic heterocycles. The third-order valence-corrected chi connectivity index (χ3v) is 2.73. The van der Waals surface area contributed by atoms with Gasteiger partial charge in [-0.2, -0.15) is 0 Å². The maximum Gasteiger partial charge on any atom is 0.477 e. The minimum Gasteiger partial charge on any atom is -0.290 e. The minimum absolute atomic E-state index is 0.791. The lowest BCUT2D eigenvalue weighted by atomic mass is 10.2. The number of phosphoric ester groups is 1. The van der Waals surface area contributed by atoms with Crippen molar-refractivity contribution in [1.82, 2.24) is 0 Å². The second-order valence-electron chi connectivity index (χ2n) is 2.02. The topological polar surface area (TPSA) is 44.8 Å². The Morgan fingerprint density at radius 2 is 1.75 bits per heavy atom. The minimum atomic E-state index is -3.48. The van der Waals surface area contributed by atoms with Gasteiger partial charge in [-0.1, -0.05) is 11.8 Å². The predicted molar refractivity (Wildman–Crippen MR) is 42.0 cm³/mol. The van der Waals surface area contributed by atoms with Crippen LogP contribution in [-0.2, 0) is 18.1 Å². The summed E-state index contributed by atoms with van der Waals surface area (Å²) in [5.74, 6) is 4.42. The average Bonchev–Trinajstić information content (AvgIpc) is 2.43. The van der Waals surface area contributed by atoms with Crippen molar-refractivity contribution < 1.29 is 18.1 Å². The van der Waals surface area contributed by atoms with Crippen molar-refractivity contribution in [1.29, 1.82) is 0 Å². The number of rotatable bonds is 1. The van der Waals surface area contributed by atoms with Crippen LogP contribution in [-0.4, -0.2) is 19.3 Å².